The number of nitrogens with one attached hydrogen (secondary N) is 2. The molecule has 174 valence electrons. The molecule has 2 N–H and O–H groups in total. The van der Waals surface area contributed by atoms with Gasteiger partial charge in [-0.3, -0.25) is 20.1 Å². The summed E-state index contributed by atoms with van der Waals surface area (Å²) >= 11 is 1.68. The molecule has 6 aromatic rings. The number of H-pyrrole nitrogens is 2. The second kappa shape index (κ2) is 8.94. The summed E-state index contributed by atoms with van der Waals surface area (Å²) in [6.07, 6.45) is 7.17. The van der Waals surface area contributed by atoms with Crippen molar-refractivity contribution in [1.82, 2.24) is 35.0 Å². The number of pyridine rings is 3. The summed E-state index contributed by atoms with van der Waals surface area (Å²) in [6, 6.07) is 12.3. The van der Waals surface area contributed by atoms with Crippen LogP contribution in [0.3, 0.4) is 0 Å². The van der Waals surface area contributed by atoms with E-state index in [1.54, 1.807) is 23.7 Å². The van der Waals surface area contributed by atoms with Crippen LogP contribution >= 0.6 is 11.3 Å². The largest absolute Gasteiger partial charge is 0.491 e. The first-order valence-corrected chi connectivity index (χ1v) is 12.1. The van der Waals surface area contributed by atoms with Crippen molar-refractivity contribution in [3.05, 3.63) is 66.6 Å². The highest BCUT2D eigenvalue weighted by Crippen LogP contribution is 2.35. The average molecular weight is 482 g/mol. The molecule has 0 unspecified atom stereocenters. The first-order valence-electron chi connectivity index (χ1n) is 11.2. The fraction of sp³-hybridized carbons (Fsp3) is 0.154. The van der Waals surface area contributed by atoms with Gasteiger partial charge >= 0.3 is 0 Å². The lowest BCUT2D eigenvalue weighted by Crippen LogP contribution is -2.19. The second-order valence-electron chi connectivity index (χ2n) is 8.53. The lowest BCUT2D eigenvalue weighted by Gasteiger charge is -2.11. The third-order valence-corrected chi connectivity index (χ3v) is 6.70. The molecule has 6 rings (SSSR count). The SMILES string of the molecule is CN(C)CCOc1cncc(-c2cc3c(-c4cc5c(-c6cccs6)nccc5[nH]4)n[nH]c3cn2)c1. The third kappa shape index (κ3) is 4.16. The van der Waals surface area contributed by atoms with Crippen LogP contribution in [0, 0.1) is 0 Å². The molecule has 6 aromatic heterocycles. The first kappa shape index (κ1) is 21.5. The van der Waals surface area contributed by atoms with E-state index in [4.69, 9.17) is 4.74 Å². The van der Waals surface area contributed by atoms with Crippen LogP contribution in [0.15, 0.2) is 66.6 Å². The summed E-state index contributed by atoms with van der Waals surface area (Å²) in [5.74, 6) is 0.725. The van der Waals surface area contributed by atoms with Crippen molar-refractivity contribution in [3.8, 4) is 39.0 Å². The molecule has 0 saturated carbocycles. The molecule has 8 nitrogen and oxygen atoms in total. The van der Waals surface area contributed by atoms with Crippen molar-refractivity contribution < 1.29 is 4.74 Å². The quantitative estimate of drug-likeness (QED) is 0.324. The van der Waals surface area contributed by atoms with Gasteiger partial charge in [-0.15, -0.1) is 11.3 Å². The standard InChI is InChI=1S/C26H23N7OS/c1-33(2)7-8-34-17-10-16(13-27-14-17)21-11-19-23(15-29-21)31-32-25(19)22-12-18-20(30-22)5-6-28-26(18)24-4-3-9-35-24/h3-6,9-15,30H,7-8H2,1-2H3,(H,31,32). The Kier molecular flexibility index (Phi) is 5.48. The minimum absolute atomic E-state index is 0.596. The smallest absolute Gasteiger partial charge is 0.138 e. The van der Waals surface area contributed by atoms with Crippen LogP contribution < -0.4 is 4.74 Å². The van der Waals surface area contributed by atoms with Crippen molar-refractivity contribution in [2.24, 2.45) is 0 Å². The van der Waals surface area contributed by atoms with E-state index in [2.05, 4.69) is 52.5 Å². The summed E-state index contributed by atoms with van der Waals surface area (Å²) in [5.41, 5.74) is 6.32. The van der Waals surface area contributed by atoms with Gasteiger partial charge in [0.1, 0.15) is 18.1 Å². The number of rotatable bonds is 7. The van der Waals surface area contributed by atoms with E-state index in [0.717, 1.165) is 67.3 Å². The first-order chi connectivity index (χ1) is 17.2. The lowest BCUT2D eigenvalue weighted by atomic mass is 10.1. The van der Waals surface area contributed by atoms with Gasteiger partial charge in [0, 0.05) is 40.8 Å². The monoisotopic (exact) mass is 481 g/mol. The minimum Gasteiger partial charge on any atom is -0.491 e. The molecule has 0 radical (unpaired) electrons. The number of aromatic nitrogens is 6. The number of likely N-dealkylation sites (N-methyl/N-ethyl adjacent to an activating group) is 1. The second-order valence-corrected chi connectivity index (χ2v) is 9.48. The molecule has 0 aliphatic heterocycles. The third-order valence-electron chi connectivity index (χ3n) is 5.82. The minimum atomic E-state index is 0.596. The zero-order valence-electron chi connectivity index (χ0n) is 19.3. The number of ether oxygens (including phenoxy) is 1. The molecule has 0 spiro atoms. The number of fused-ring (bicyclic) bond motifs is 2. The number of nitrogens with zero attached hydrogens (tertiary/aromatic N) is 5. The molecular weight excluding hydrogens is 458 g/mol. The van der Waals surface area contributed by atoms with Gasteiger partial charge in [0.25, 0.3) is 0 Å². The zero-order valence-corrected chi connectivity index (χ0v) is 20.1. The summed E-state index contributed by atoms with van der Waals surface area (Å²) in [7, 11) is 4.04. The summed E-state index contributed by atoms with van der Waals surface area (Å²) in [6.45, 7) is 1.43. The Morgan fingerprint density at radius 1 is 0.971 bits per heavy atom. The molecule has 0 aliphatic carbocycles. The maximum Gasteiger partial charge on any atom is 0.138 e. The van der Waals surface area contributed by atoms with Crippen molar-refractivity contribution in [3.63, 3.8) is 0 Å². The van der Waals surface area contributed by atoms with Crippen LogP contribution in [0.25, 0.3) is 55.0 Å². The molecule has 35 heavy (non-hydrogen) atoms. The van der Waals surface area contributed by atoms with Crippen molar-refractivity contribution in [2.75, 3.05) is 27.2 Å². The van der Waals surface area contributed by atoms with Gasteiger partial charge in [-0.2, -0.15) is 5.10 Å². The zero-order chi connectivity index (χ0) is 23.8. The fourth-order valence-corrected chi connectivity index (χ4v) is 4.79. The predicted octanol–water partition coefficient (Wildman–Crippen LogP) is 5.23. The highest BCUT2D eigenvalue weighted by Gasteiger charge is 2.16. The van der Waals surface area contributed by atoms with Gasteiger partial charge < -0.3 is 14.6 Å². The van der Waals surface area contributed by atoms with Crippen LogP contribution in [0.5, 0.6) is 5.75 Å². The topological polar surface area (TPSA) is 95.6 Å². The van der Waals surface area contributed by atoms with Crippen molar-refractivity contribution in [1.29, 1.82) is 0 Å². The normalized spacial score (nSPS) is 11.6. The van der Waals surface area contributed by atoms with E-state index in [1.807, 2.05) is 50.8 Å². The molecule has 0 amide bonds. The molecule has 0 bridgehead atoms. The molecular formula is C26H23N7OS. The van der Waals surface area contributed by atoms with E-state index in [-0.39, 0.29) is 0 Å². The summed E-state index contributed by atoms with van der Waals surface area (Å²) in [4.78, 5) is 20.4. The van der Waals surface area contributed by atoms with Crippen molar-refractivity contribution in [2.45, 2.75) is 0 Å². The van der Waals surface area contributed by atoms with E-state index in [0.29, 0.717) is 6.61 Å². The van der Waals surface area contributed by atoms with Gasteiger partial charge in [-0.1, -0.05) is 6.07 Å². The van der Waals surface area contributed by atoms with Crippen LogP contribution in [0.1, 0.15) is 0 Å². The van der Waals surface area contributed by atoms with Crippen LogP contribution in [-0.2, 0) is 0 Å². The van der Waals surface area contributed by atoms with Gasteiger partial charge in [-0.25, -0.2) is 0 Å². The highest BCUT2D eigenvalue weighted by atomic mass is 32.1. The number of aromatic amines is 2. The fourth-order valence-electron chi connectivity index (χ4n) is 4.05. The maximum absolute atomic E-state index is 5.86. The van der Waals surface area contributed by atoms with E-state index >= 15 is 0 Å². The Hall–Kier alpha value is -4.08. The van der Waals surface area contributed by atoms with Crippen LogP contribution in [0.2, 0.25) is 0 Å². The van der Waals surface area contributed by atoms with E-state index in [1.165, 1.54) is 0 Å². The van der Waals surface area contributed by atoms with Crippen LogP contribution in [-0.4, -0.2) is 62.3 Å². The molecule has 0 aromatic carbocycles. The Bertz CT molecular complexity index is 1620. The van der Waals surface area contributed by atoms with Gasteiger partial charge in [-0.05, 0) is 49.8 Å². The van der Waals surface area contributed by atoms with E-state index in [9.17, 15) is 0 Å². The number of hydrogen-bond acceptors (Lipinski definition) is 7. The predicted molar refractivity (Wildman–Crippen MR) is 140 cm³/mol. The molecule has 6 heterocycles. The van der Waals surface area contributed by atoms with Gasteiger partial charge in [0.15, 0.2) is 0 Å². The van der Waals surface area contributed by atoms with Gasteiger partial charge in [0.05, 0.1) is 39.9 Å². The average Bonchev–Trinajstić information content (AvgIpc) is 3.62. The lowest BCUT2D eigenvalue weighted by molar-refractivity contribution is 0.261. The number of thiophene rings is 1. The van der Waals surface area contributed by atoms with Gasteiger partial charge in [0.2, 0.25) is 0 Å². The van der Waals surface area contributed by atoms with Crippen LogP contribution in [0.4, 0.5) is 0 Å². The van der Waals surface area contributed by atoms with E-state index < -0.39 is 0 Å². The molecule has 0 aliphatic rings. The highest BCUT2D eigenvalue weighted by molar-refractivity contribution is 7.13. The molecule has 0 atom stereocenters. The Morgan fingerprint density at radius 2 is 1.89 bits per heavy atom. The summed E-state index contributed by atoms with van der Waals surface area (Å²) < 4.78 is 5.86. The van der Waals surface area contributed by atoms with Crippen molar-refractivity contribution >= 4 is 33.1 Å². The molecule has 9 heteroatoms. The Labute approximate surface area is 205 Å². The Morgan fingerprint density at radius 3 is 2.74 bits per heavy atom. The molecule has 0 saturated heterocycles. The number of hydrogen-bond donors (Lipinski definition) is 2. The maximum atomic E-state index is 5.86. The Balaban J connectivity index is 1.38. The summed E-state index contributed by atoms with van der Waals surface area (Å²) in [5, 5.41) is 11.8. The molecule has 0 fully saturated rings.